The highest BCUT2D eigenvalue weighted by Crippen LogP contribution is 2.17. The average molecular weight is 405 g/mol. The monoisotopic (exact) mass is 404 g/mol. The normalized spacial score (nSPS) is 11.9. The largest absolute Gasteiger partial charge is 0.355 e. The fourth-order valence-electron chi connectivity index (χ4n) is 2.67. The molecule has 28 heavy (non-hydrogen) atoms. The van der Waals surface area contributed by atoms with Gasteiger partial charge in [-0.15, -0.1) is 11.8 Å². The number of nitrogens with one attached hydrogen (secondary N) is 2. The maximum atomic E-state index is 12.8. The highest BCUT2D eigenvalue weighted by Gasteiger charge is 2.21. The number of carbonyl (C=O) groups is 2. The van der Waals surface area contributed by atoms with Gasteiger partial charge in [0.2, 0.25) is 11.8 Å². The summed E-state index contributed by atoms with van der Waals surface area (Å²) in [6, 6.07) is 9.26. The minimum atomic E-state index is -0.457. The van der Waals surface area contributed by atoms with Gasteiger partial charge in [-0.2, -0.15) is 0 Å². The number of amides is 2. The van der Waals surface area contributed by atoms with Crippen LogP contribution in [-0.2, 0) is 16.6 Å². The first-order valence-corrected chi connectivity index (χ1v) is 10.4. The Bertz CT molecular complexity index is 874. The lowest BCUT2D eigenvalue weighted by Crippen LogP contribution is -2.30. The zero-order valence-electron chi connectivity index (χ0n) is 16.8. The van der Waals surface area contributed by atoms with E-state index in [0.717, 1.165) is 18.5 Å². The highest BCUT2D eigenvalue weighted by molar-refractivity contribution is 8.01. The van der Waals surface area contributed by atoms with Gasteiger partial charge in [-0.05, 0) is 32.4 Å². The van der Waals surface area contributed by atoms with Crippen molar-refractivity contribution in [3.05, 3.63) is 46.4 Å². The molecule has 0 saturated carbocycles. The van der Waals surface area contributed by atoms with E-state index in [9.17, 15) is 14.4 Å². The van der Waals surface area contributed by atoms with Crippen molar-refractivity contribution in [3.63, 3.8) is 0 Å². The zero-order valence-corrected chi connectivity index (χ0v) is 17.6. The van der Waals surface area contributed by atoms with Crippen molar-refractivity contribution < 1.29 is 9.59 Å². The molecule has 2 aromatic rings. The summed E-state index contributed by atoms with van der Waals surface area (Å²) in [5, 5.41) is 5.11. The average Bonchev–Trinajstić information content (AvgIpc) is 2.90. The van der Waals surface area contributed by atoms with Crippen molar-refractivity contribution in [3.8, 4) is 5.69 Å². The van der Waals surface area contributed by atoms with Gasteiger partial charge in [0.15, 0.2) is 0 Å². The van der Waals surface area contributed by atoms with Crippen LogP contribution in [0, 0.1) is 6.92 Å². The molecular formula is C20H28N4O3S. The standard InChI is InChI=1S/C20H28N4O3S/c1-5-6-12-21-17(25)13-28-15(3)19(26)22-18-14(2)23(4)24(20(18)27)16-10-8-7-9-11-16/h7-11,15H,5-6,12-13H2,1-4H3,(H,21,25)(H,22,26). The van der Waals surface area contributed by atoms with Crippen molar-refractivity contribution in [1.82, 2.24) is 14.7 Å². The van der Waals surface area contributed by atoms with Gasteiger partial charge in [0, 0.05) is 13.6 Å². The molecule has 0 spiro atoms. The molecule has 1 aromatic heterocycles. The van der Waals surface area contributed by atoms with Gasteiger partial charge < -0.3 is 10.6 Å². The fraction of sp³-hybridized carbons (Fsp3) is 0.450. The van der Waals surface area contributed by atoms with Gasteiger partial charge >= 0.3 is 0 Å². The molecule has 152 valence electrons. The predicted molar refractivity (Wildman–Crippen MR) is 114 cm³/mol. The van der Waals surface area contributed by atoms with Crippen molar-refractivity contribution in [2.45, 2.75) is 38.9 Å². The number of thioether (sulfide) groups is 1. The molecule has 1 atom stereocenters. The number of carbonyl (C=O) groups excluding carboxylic acids is 2. The van der Waals surface area contributed by atoms with Crippen LogP contribution in [0.1, 0.15) is 32.4 Å². The topological polar surface area (TPSA) is 85.1 Å². The lowest BCUT2D eigenvalue weighted by atomic mass is 10.3. The van der Waals surface area contributed by atoms with Crippen molar-refractivity contribution >= 4 is 29.3 Å². The summed E-state index contributed by atoms with van der Waals surface area (Å²) in [5.74, 6) is -0.168. The molecule has 0 bridgehead atoms. The van der Waals surface area contributed by atoms with E-state index < -0.39 is 5.25 Å². The molecule has 2 N–H and O–H groups in total. The number of rotatable bonds is 9. The maximum Gasteiger partial charge on any atom is 0.295 e. The molecule has 0 aliphatic heterocycles. The van der Waals surface area contributed by atoms with E-state index in [1.165, 1.54) is 16.4 Å². The summed E-state index contributed by atoms with van der Waals surface area (Å²) in [7, 11) is 1.78. The van der Waals surface area contributed by atoms with Crippen LogP contribution in [-0.4, -0.2) is 38.7 Å². The molecule has 0 radical (unpaired) electrons. The van der Waals surface area contributed by atoms with Gasteiger partial charge in [-0.3, -0.25) is 19.1 Å². The Morgan fingerprint density at radius 1 is 1.21 bits per heavy atom. The van der Waals surface area contributed by atoms with Crippen LogP contribution < -0.4 is 16.2 Å². The molecule has 2 amide bonds. The van der Waals surface area contributed by atoms with Crippen LogP contribution in [0.4, 0.5) is 5.69 Å². The van der Waals surface area contributed by atoms with E-state index in [0.29, 0.717) is 12.2 Å². The van der Waals surface area contributed by atoms with Gasteiger partial charge in [0.1, 0.15) is 5.69 Å². The van der Waals surface area contributed by atoms with E-state index >= 15 is 0 Å². The Hall–Kier alpha value is -2.48. The first kappa shape index (κ1) is 21.8. The third kappa shape index (κ3) is 5.28. The molecule has 0 saturated heterocycles. The van der Waals surface area contributed by atoms with Crippen LogP contribution in [0.5, 0.6) is 0 Å². The number of anilines is 1. The minimum Gasteiger partial charge on any atom is -0.355 e. The molecule has 0 aliphatic rings. The van der Waals surface area contributed by atoms with E-state index in [2.05, 4.69) is 17.6 Å². The van der Waals surface area contributed by atoms with Gasteiger partial charge in [0.25, 0.3) is 5.56 Å². The number of hydrogen-bond donors (Lipinski definition) is 2. The van der Waals surface area contributed by atoms with Crippen molar-refractivity contribution in [2.24, 2.45) is 7.05 Å². The molecule has 0 fully saturated rings. The summed E-state index contributed by atoms with van der Waals surface area (Å²) in [6.45, 7) is 6.23. The molecule has 1 heterocycles. The summed E-state index contributed by atoms with van der Waals surface area (Å²) in [4.78, 5) is 37.2. The molecule has 8 heteroatoms. The number of aromatic nitrogens is 2. The fourth-order valence-corrected chi connectivity index (χ4v) is 3.38. The summed E-state index contributed by atoms with van der Waals surface area (Å²) >= 11 is 1.25. The molecule has 2 rings (SSSR count). The molecule has 0 aliphatic carbocycles. The third-order valence-electron chi connectivity index (χ3n) is 4.49. The number of unbranched alkanes of at least 4 members (excludes halogenated alkanes) is 1. The number of nitrogens with zero attached hydrogens (tertiary/aromatic N) is 2. The summed E-state index contributed by atoms with van der Waals surface area (Å²) in [6.07, 6.45) is 1.95. The van der Waals surface area contributed by atoms with Crippen LogP contribution >= 0.6 is 11.8 Å². The summed E-state index contributed by atoms with van der Waals surface area (Å²) < 4.78 is 3.23. The Kier molecular flexibility index (Phi) is 7.92. The molecule has 7 nitrogen and oxygen atoms in total. The Labute approximate surface area is 169 Å². The van der Waals surface area contributed by atoms with Crippen molar-refractivity contribution in [2.75, 3.05) is 17.6 Å². The first-order chi connectivity index (χ1) is 13.4. The second-order valence-corrected chi connectivity index (χ2v) is 7.91. The Balaban J connectivity index is 2.04. The van der Waals surface area contributed by atoms with E-state index in [1.807, 2.05) is 30.3 Å². The van der Waals surface area contributed by atoms with Gasteiger partial charge in [0.05, 0.1) is 22.4 Å². The zero-order chi connectivity index (χ0) is 20.7. The van der Waals surface area contributed by atoms with E-state index in [1.54, 1.807) is 25.6 Å². The van der Waals surface area contributed by atoms with Crippen LogP contribution in [0.2, 0.25) is 0 Å². The van der Waals surface area contributed by atoms with E-state index in [-0.39, 0.29) is 28.8 Å². The number of hydrogen-bond acceptors (Lipinski definition) is 4. The van der Waals surface area contributed by atoms with E-state index in [4.69, 9.17) is 0 Å². The third-order valence-corrected chi connectivity index (χ3v) is 5.63. The molecule has 1 aromatic carbocycles. The predicted octanol–water partition coefficient (Wildman–Crippen LogP) is 2.46. The van der Waals surface area contributed by atoms with Crippen molar-refractivity contribution in [1.29, 1.82) is 0 Å². The number of para-hydroxylation sites is 1. The lowest BCUT2D eigenvalue weighted by molar-refractivity contribution is -0.118. The summed E-state index contributed by atoms with van der Waals surface area (Å²) in [5.41, 5.74) is 1.37. The van der Waals surface area contributed by atoms with Crippen LogP contribution in [0.3, 0.4) is 0 Å². The van der Waals surface area contributed by atoms with Crippen LogP contribution in [0.15, 0.2) is 35.1 Å². The lowest BCUT2D eigenvalue weighted by Gasteiger charge is -2.11. The Morgan fingerprint density at radius 3 is 2.54 bits per heavy atom. The smallest absolute Gasteiger partial charge is 0.295 e. The van der Waals surface area contributed by atoms with Gasteiger partial charge in [-0.1, -0.05) is 31.5 Å². The minimum absolute atomic E-state index is 0.0829. The first-order valence-electron chi connectivity index (χ1n) is 9.40. The highest BCUT2D eigenvalue weighted by atomic mass is 32.2. The molecule has 1 unspecified atom stereocenters. The van der Waals surface area contributed by atoms with Crippen LogP contribution in [0.25, 0.3) is 5.69 Å². The number of benzene rings is 1. The second kappa shape index (κ2) is 10.2. The molecular weight excluding hydrogens is 376 g/mol. The van der Waals surface area contributed by atoms with Gasteiger partial charge in [-0.25, -0.2) is 4.68 Å². The maximum absolute atomic E-state index is 12.8. The SMILES string of the molecule is CCCCNC(=O)CSC(C)C(=O)Nc1c(C)n(C)n(-c2ccccc2)c1=O. The Morgan fingerprint density at radius 2 is 1.89 bits per heavy atom. The quantitative estimate of drug-likeness (QED) is 0.629. The second-order valence-electron chi connectivity index (χ2n) is 6.58.